The number of halogens is 2. The molecule has 0 aliphatic rings. The van der Waals surface area contributed by atoms with Gasteiger partial charge in [-0.25, -0.2) is 14.4 Å². The molecular formula is C21H17BrFN3O. The topological polar surface area (TPSA) is 46.1 Å². The van der Waals surface area contributed by atoms with E-state index in [2.05, 4.69) is 32.5 Å². The monoisotopic (exact) mass is 425 g/mol. The lowest BCUT2D eigenvalue weighted by Crippen LogP contribution is -2.31. The first-order valence-electron chi connectivity index (χ1n) is 8.30. The number of amides is 1. The largest absolute Gasteiger partial charge is 0.330 e. The lowest BCUT2D eigenvalue weighted by atomic mass is 10.1. The third-order valence-corrected chi connectivity index (χ3v) is 4.43. The summed E-state index contributed by atoms with van der Waals surface area (Å²) in [6, 6.07) is 14.2. The number of aromatic nitrogens is 2. The lowest BCUT2D eigenvalue weighted by Gasteiger charge is -2.21. The van der Waals surface area contributed by atoms with Crippen molar-refractivity contribution >= 4 is 21.8 Å². The molecule has 0 unspecified atom stereocenters. The van der Waals surface area contributed by atoms with E-state index < -0.39 is 0 Å². The number of hydrogen-bond donors (Lipinski definition) is 0. The minimum absolute atomic E-state index is 0.122. The molecule has 0 saturated heterocycles. The van der Waals surface area contributed by atoms with Gasteiger partial charge in [-0.1, -0.05) is 52.3 Å². The predicted octanol–water partition coefficient (Wildman–Crippen LogP) is 4.87. The summed E-state index contributed by atoms with van der Waals surface area (Å²) in [5, 5.41) is 0. The number of benzene rings is 2. The Morgan fingerprint density at radius 3 is 2.52 bits per heavy atom. The molecule has 0 atom stereocenters. The molecule has 0 aliphatic heterocycles. The number of carbonyl (C=O) groups excluding carboxylic acids is 1. The third-order valence-electron chi connectivity index (χ3n) is 3.94. The van der Waals surface area contributed by atoms with Crippen molar-refractivity contribution in [1.82, 2.24) is 14.9 Å². The van der Waals surface area contributed by atoms with Crippen molar-refractivity contribution in [3.05, 3.63) is 95.0 Å². The van der Waals surface area contributed by atoms with Crippen molar-refractivity contribution in [2.24, 2.45) is 0 Å². The van der Waals surface area contributed by atoms with Crippen LogP contribution in [0.15, 0.2) is 78.1 Å². The number of hydrogen-bond acceptors (Lipinski definition) is 3. The van der Waals surface area contributed by atoms with Crippen molar-refractivity contribution in [3.63, 3.8) is 0 Å². The number of nitrogens with zero attached hydrogens (tertiary/aromatic N) is 3. The van der Waals surface area contributed by atoms with Gasteiger partial charge in [-0.05, 0) is 18.2 Å². The van der Waals surface area contributed by atoms with Crippen molar-refractivity contribution in [2.45, 2.75) is 6.54 Å². The van der Waals surface area contributed by atoms with E-state index in [9.17, 15) is 9.18 Å². The van der Waals surface area contributed by atoms with Crippen LogP contribution in [0, 0.1) is 5.82 Å². The SMILES string of the molecule is C=CCN(Cc1cc(Br)ccc1F)C(=O)c1cnc(-c2ccccc2)nc1. The second-order valence-corrected chi connectivity index (χ2v) is 6.79. The Kier molecular flexibility index (Phi) is 6.08. The van der Waals surface area contributed by atoms with Gasteiger partial charge in [-0.2, -0.15) is 0 Å². The average Bonchev–Trinajstić information content (AvgIpc) is 2.70. The van der Waals surface area contributed by atoms with Crippen LogP contribution >= 0.6 is 15.9 Å². The molecule has 6 heteroatoms. The zero-order chi connectivity index (χ0) is 19.2. The summed E-state index contributed by atoms with van der Waals surface area (Å²) >= 11 is 3.33. The summed E-state index contributed by atoms with van der Waals surface area (Å²) in [6.45, 7) is 4.09. The maximum absolute atomic E-state index is 14.1. The zero-order valence-electron chi connectivity index (χ0n) is 14.5. The van der Waals surface area contributed by atoms with Crippen LogP contribution in [0.5, 0.6) is 0 Å². The highest BCUT2D eigenvalue weighted by Crippen LogP contribution is 2.19. The molecule has 3 rings (SSSR count). The summed E-state index contributed by atoms with van der Waals surface area (Å²) in [7, 11) is 0. The van der Waals surface area contributed by atoms with Gasteiger partial charge >= 0.3 is 0 Å². The molecule has 0 bridgehead atoms. The van der Waals surface area contributed by atoms with Crippen LogP contribution in [-0.4, -0.2) is 27.3 Å². The van der Waals surface area contributed by atoms with E-state index in [0.717, 1.165) is 10.0 Å². The molecule has 0 fully saturated rings. The van der Waals surface area contributed by atoms with Crippen molar-refractivity contribution in [2.75, 3.05) is 6.54 Å². The van der Waals surface area contributed by atoms with Gasteiger partial charge in [-0.3, -0.25) is 4.79 Å². The molecule has 1 heterocycles. The smallest absolute Gasteiger partial charge is 0.257 e. The molecule has 27 heavy (non-hydrogen) atoms. The highest BCUT2D eigenvalue weighted by atomic mass is 79.9. The minimum Gasteiger partial charge on any atom is -0.330 e. The van der Waals surface area contributed by atoms with Gasteiger partial charge in [0.2, 0.25) is 0 Å². The molecule has 3 aromatic rings. The fraction of sp³-hybridized carbons (Fsp3) is 0.0952. The predicted molar refractivity (Wildman–Crippen MR) is 107 cm³/mol. The summed E-state index contributed by atoms with van der Waals surface area (Å²) in [5.74, 6) is -0.106. The Bertz CT molecular complexity index is 945. The summed E-state index contributed by atoms with van der Waals surface area (Å²) in [6.07, 6.45) is 4.59. The van der Waals surface area contributed by atoms with Gasteiger partial charge in [0.05, 0.1) is 5.56 Å². The number of rotatable bonds is 6. The molecule has 4 nitrogen and oxygen atoms in total. The summed E-state index contributed by atoms with van der Waals surface area (Å²) < 4.78 is 14.8. The molecule has 1 amide bonds. The maximum Gasteiger partial charge on any atom is 0.257 e. The highest BCUT2D eigenvalue weighted by molar-refractivity contribution is 9.10. The van der Waals surface area contributed by atoms with Gasteiger partial charge in [0.15, 0.2) is 5.82 Å². The number of carbonyl (C=O) groups is 1. The van der Waals surface area contributed by atoms with E-state index >= 15 is 0 Å². The van der Waals surface area contributed by atoms with Crippen LogP contribution < -0.4 is 0 Å². The highest BCUT2D eigenvalue weighted by Gasteiger charge is 2.18. The first kappa shape index (κ1) is 18.9. The van der Waals surface area contributed by atoms with Crippen LogP contribution in [0.2, 0.25) is 0 Å². The quantitative estimate of drug-likeness (QED) is 0.529. The Morgan fingerprint density at radius 1 is 1.15 bits per heavy atom. The van der Waals surface area contributed by atoms with E-state index in [1.54, 1.807) is 18.2 Å². The van der Waals surface area contributed by atoms with Crippen molar-refractivity contribution < 1.29 is 9.18 Å². The van der Waals surface area contributed by atoms with Gasteiger partial charge < -0.3 is 4.90 Å². The van der Waals surface area contributed by atoms with Crippen LogP contribution in [0.1, 0.15) is 15.9 Å². The zero-order valence-corrected chi connectivity index (χ0v) is 16.1. The molecule has 0 N–H and O–H groups in total. The summed E-state index contributed by atoms with van der Waals surface area (Å²) in [4.78, 5) is 22.9. The fourth-order valence-electron chi connectivity index (χ4n) is 2.60. The first-order chi connectivity index (χ1) is 13.1. The average molecular weight is 426 g/mol. The molecule has 136 valence electrons. The van der Waals surface area contributed by atoms with E-state index in [4.69, 9.17) is 0 Å². The standard InChI is InChI=1S/C21H17BrFN3O/c1-2-10-26(14-16-11-18(22)8-9-19(16)23)21(27)17-12-24-20(25-13-17)15-6-4-3-5-7-15/h2-9,11-13H,1,10,14H2. The molecule has 1 aromatic heterocycles. The van der Waals surface area contributed by atoms with Crippen LogP contribution in [0.4, 0.5) is 4.39 Å². The molecule has 0 spiro atoms. The second kappa shape index (κ2) is 8.68. The summed E-state index contributed by atoms with van der Waals surface area (Å²) in [5.41, 5.74) is 1.63. The Labute approximate surface area is 165 Å². The molecular weight excluding hydrogens is 409 g/mol. The van der Waals surface area contributed by atoms with E-state index in [1.165, 1.54) is 23.4 Å². The molecule has 0 radical (unpaired) electrons. The van der Waals surface area contributed by atoms with Crippen molar-refractivity contribution in [1.29, 1.82) is 0 Å². The third kappa shape index (κ3) is 4.65. The maximum atomic E-state index is 14.1. The Hall–Kier alpha value is -2.86. The normalized spacial score (nSPS) is 10.4. The Morgan fingerprint density at radius 2 is 1.85 bits per heavy atom. The second-order valence-electron chi connectivity index (χ2n) is 5.87. The van der Waals surface area contributed by atoms with Crippen LogP contribution in [-0.2, 0) is 6.54 Å². The fourth-order valence-corrected chi connectivity index (χ4v) is 3.01. The first-order valence-corrected chi connectivity index (χ1v) is 9.09. The van der Waals surface area contributed by atoms with Crippen LogP contribution in [0.25, 0.3) is 11.4 Å². The van der Waals surface area contributed by atoms with Gasteiger partial charge in [0.1, 0.15) is 5.82 Å². The van der Waals surface area contributed by atoms with Gasteiger partial charge in [0.25, 0.3) is 5.91 Å². The van der Waals surface area contributed by atoms with Crippen molar-refractivity contribution in [3.8, 4) is 11.4 Å². The van der Waals surface area contributed by atoms with E-state index in [-0.39, 0.29) is 24.8 Å². The van der Waals surface area contributed by atoms with Gasteiger partial charge in [-0.15, -0.1) is 6.58 Å². The van der Waals surface area contributed by atoms with E-state index in [1.807, 2.05) is 30.3 Å². The Balaban J connectivity index is 1.82. The molecule has 2 aromatic carbocycles. The molecule has 0 saturated carbocycles. The lowest BCUT2D eigenvalue weighted by molar-refractivity contribution is 0.0760. The van der Waals surface area contributed by atoms with Gasteiger partial charge in [0, 0.05) is 41.1 Å². The minimum atomic E-state index is -0.365. The molecule has 0 aliphatic carbocycles. The van der Waals surface area contributed by atoms with E-state index in [0.29, 0.717) is 17.0 Å². The van der Waals surface area contributed by atoms with Crippen LogP contribution in [0.3, 0.4) is 0 Å².